The topological polar surface area (TPSA) is 135 Å². The van der Waals surface area contributed by atoms with Crippen LogP contribution in [0.4, 0.5) is 10.7 Å². The van der Waals surface area contributed by atoms with Crippen LogP contribution in [0.15, 0.2) is 54.1 Å². The van der Waals surface area contributed by atoms with E-state index in [4.69, 9.17) is 16.6 Å². The van der Waals surface area contributed by atoms with Gasteiger partial charge in [0.05, 0.1) is 17.1 Å². The average Bonchev–Trinajstić information content (AvgIpc) is 3.61. The summed E-state index contributed by atoms with van der Waals surface area (Å²) in [4.78, 5) is 49.2. The van der Waals surface area contributed by atoms with Crippen molar-refractivity contribution >= 4 is 46.5 Å². The maximum absolute atomic E-state index is 13.7. The fraction of sp³-hybridized carbons (Fsp3) is 0.472. The van der Waals surface area contributed by atoms with Crippen LogP contribution in [0.1, 0.15) is 70.3 Å². The number of likely N-dealkylation sites (N-methyl/N-ethyl adjacent to an activating group) is 1. The lowest BCUT2D eigenvalue weighted by molar-refractivity contribution is -0.127. The normalized spacial score (nSPS) is 16.2. The van der Waals surface area contributed by atoms with E-state index in [1.807, 2.05) is 83.3 Å². The molecule has 12 heteroatoms. The highest BCUT2D eigenvalue weighted by Gasteiger charge is 2.34. The number of carbonyl (C=O) groups excluding carboxylic acids is 2. The second-order valence-corrected chi connectivity index (χ2v) is 14.7. The van der Waals surface area contributed by atoms with Crippen molar-refractivity contribution in [3.8, 4) is 6.07 Å². The zero-order valence-electron chi connectivity index (χ0n) is 29.0. The molecule has 2 aromatic carbocycles. The van der Waals surface area contributed by atoms with Crippen LogP contribution in [0.2, 0.25) is 5.02 Å². The van der Waals surface area contributed by atoms with Gasteiger partial charge >= 0.3 is 6.09 Å². The number of imidazole rings is 1. The fourth-order valence-corrected chi connectivity index (χ4v) is 5.77. The van der Waals surface area contributed by atoms with E-state index in [0.717, 1.165) is 17.5 Å². The summed E-state index contributed by atoms with van der Waals surface area (Å²) in [5, 5.41) is 23.4. The maximum atomic E-state index is 13.7. The van der Waals surface area contributed by atoms with Gasteiger partial charge in [0.1, 0.15) is 11.6 Å². The van der Waals surface area contributed by atoms with Crippen LogP contribution >= 0.6 is 11.6 Å². The van der Waals surface area contributed by atoms with E-state index in [0.29, 0.717) is 41.6 Å². The van der Waals surface area contributed by atoms with E-state index >= 15 is 0 Å². The van der Waals surface area contributed by atoms with Gasteiger partial charge < -0.3 is 24.4 Å². The smallest absolute Gasteiger partial charge is 0.407 e. The number of benzene rings is 2. The zero-order chi connectivity index (χ0) is 35.6. The molecule has 1 saturated heterocycles. The Labute approximate surface area is 287 Å². The number of rotatable bonds is 10. The molecule has 2 atom stereocenters. The summed E-state index contributed by atoms with van der Waals surface area (Å²) in [5.41, 5.74) is 1.77. The number of nitriles is 1. The molecule has 48 heavy (non-hydrogen) atoms. The summed E-state index contributed by atoms with van der Waals surface area (Å²) < 4.78 is 1.88. The summed E-state index contributed by atoms with van der Waals surface area (Å²) in [6.07, 6.45) is 2.18. The number of likely N-dealkylation sites (tertiary alicyclic amines) is 1. The number of carbonyl (C=O) groups is 3. The third-order valence-corrected chi connectivity index (χ3v) is 9.75. The molecular weight excluding hydrogens is 630 g/mol. The molecule has 1 fully saturated rings. The van der Waals surface area contributed by atoms with Gasteiger partial charge in [-0.25, -0.2) is 9.78 Å². The van der Waals surface area contributed by atoms with Gasteiger partial charge in [-0.1, -0.05) is 38.4 Å². The van der Waals surface area contributed by atoms with Crippen molar-refractivity contribution in [2.45, 2.75) is 85.1 Å². The molecule has 4 rings (SSSR count). The van der Waals surface area contributed by atoms with Gasteiger partial charge in [-0.2, -0.15) is 5.26 Å². The van der Waals surface area contributed by atoms with Crippen molar-refractivity contribution in [2.75, 3.05) is 26.0 Å². The van der Waals surface area contributed by atoms with Gasteiger partial charge in [-0.15, -0.1) is 0 Å². The largest absolute Gasteiger partial charge is 0.465 e. The van der Waals surface area contributed by atoms with Crippen LogP contribution in [0.3, 0.4) is 0 Å². The molecule has 1 aliphatic rings. The monoisotopic (exact) mass is 675 g/mol. The minimum atomic E-state index is -1.01. The quantitative estimate of drug-likeness (QED) is 0.182. The van der Waals surface area contributed by atoms with Crippen LogP contribution in [0, 0.1) is 16.7 Å². The van der Waals surface area contributed by atoms with Crippen LogP contribution in [0.5, 0.6) is 0 Å². The first-order valence-electron chi connectivity index (χ1n) is 16.1. The van der Waals surface area contributed by atoms with Crippen molar-refractivity contribution in [1.82, 2.24) is 24.3 Å². The number of carboxylic acid groups (broad SMARTS) is 1. The van der Waals surface area contributed by atoms with E-state index < -0.39 is 11.6 Å². The highest BCUT2D eigenvalue weighted by Crippen LogP contribution is 2.30. The van der Waals surface area contributed by atoms with Crippen LogP contribution in [-0.2, 0) is 17.9 Å². The molecule has 0 bridgehead atoms. The van der Waals surface area contributed by atoms with Gasteiger partial charge in [0.2, 0.25) is 5.95 Å². The molecule has 256 valence electrons. The molecule has 1 aromatic heterocycles. The Morgan fingerprint density at radius 2 is 1.81 bits per heavy atom. The Balaban J connectivity index is 1.72. The van der Waals surface area contributed by atoms with Crippen molar-refractivity contribution in [3.63, 3.8) is 0 Å². The number of hydrogen-bond acceptors (Lipinski definition) is 6. The van der Waals surface area contributed by atoms with Crippen LogP contribution in [0.25, 0.3) is 11.0 Å². The summed E-state index contributed by atoms with van der Waals surface area (Å²) in [6, 6.07) is 13.7. The van der Waals surface area contributed by atoms with E-state index in [1.165, 1.54) is 4.90 Å². The van der Waals surface area contributed by atoms with Crippen LogP contribution in [-0.4, -0.2) is 85.5 Å². The van der Waals surface area contributed by atoms with Gasteiger partial charge in [0.25, 0.3) is 11.8 Å². The van der Waals surface area contributed by atoms with Crippen molar-refractivity contribution < 1.29 is 19.5 Å². The minimum absolute atomic E-state index is 0.0875. The van der Waals surface area contributed by atoms with Crippen molar-refractivity contribution in [2.24, 2.45) is 5.41 Å². The Kier molecular flexibility index (Phi) is 10.9. The molecule has 0 aliphatic carbocycles. The molecule has 1 unspecified atom stereocenters. The lowest BCUT2D eigenvalue weighted by atomic mass is 9.87. The maximum Gasteiger partial charge on any atom is 0.407 e. The molecule has 3 aromatic rings. The lowest BCUT2D eigenvalue weighted by Crippen LogP contribution is -2.44. The molecule has 0 spiro atoms. The Hall–Kier alpha value is -4.40. The third-order valence-electron chi connectivity index (χ3n) is 9.50. The second-order valence-electron chi connectivity index (χ2n) is 14.3. The number of nitrogens with one attached hydrogen (secondary N) is 1. The molecule has 0 radical (unpaired) electrons. The van der Waals surface area contributed by atoms with Crippen LogP contribution < -0.4 is 5.32 Å². The van der Waals surface area contributed by atoms with E-state index in [2.05, 4.69) is 11.4 Å². The highest BCUT2D eigenvalue weighted by atomic mass is 35.5. The Bertz CT molecular complexity index is 1750. The predicted octanol–water partition coefficient (Wildman–Crippen LogP) is 6.64. The fourth-order valence-electron chi connectivity index (χ4n) is 5.65. The summed E-state index contributed by atoms with van der Waals surface area (Å²) >= 11 is 6.04. The third kappa shape index (κ3) is 8.17. The summed E-state index contributed by atoms with van der Waals surface area (Å²) in [7, 11) is 3.79. The molecule has 3 amide bonds. The zero-order valence-corrected chi connectivity index (χ0v) is 29.8. The number of nitrogens with zero attached hydrogens (tertiary/aromatic N) is 6. The second kappa shape index (κ2) is 14.4. The predicted molar refractivity (Wildman–Crippen MR) is 188 cm³/mol. The number of amides is 3. The van der Waals surface area contributed by atoms with Gasteiger partial charge in [0, 0.05) is 41.8 Å². The first kappa shape index (κ1) is 36.4. The van der Waals surface area contributed by atoms with Gasteiger partial charge in [-0.05, 0) is 101 Å². The first-order valence-corrected chi connectivity index (χ1v) is 16.5. The lowest BCUT2D eigenvalue weighted by Gasteiger charge is -2.36. The standard InChI is InChI=1S/C36H46ClN7O4/c1-23(35(2,3)4)43(34(47)48)21-24-11-16-30-29(18-24)39-33(40-31(45)25-12-14-27(37)15-13-25)44(30)22-28-10-9-17-42(28)32(46)26(20-38)19-36(5,6)41(7)8/h11-16,18-19,23,28H,9-10,17,21-22H2,1-8H3,(H,47,48)(H,39,40,45)/t23-,28?/m0/s1. The number of halogens is 1. The number of hydrogen-bond donors (Lipinski definition) is 2. The number of fused-ring (bicyclic) bond motifs is 1. The molecule has 11 nitrogen and oxygen atoms in total. The summed E-state index contributed by atoms with van der Waals surface area (Å²) in [5.74, 6) is -0.404. The first-order chi connectivity index (χ1) is 22.4. The van der Waals surface area contributed by atoms with E-state index in [-0.39, 0.29) is 41.4 Å². The molecule has 1 aliphatic heterocycles. The highest BCUT2D eigenvalue weighted by molar-refractivity contribution is 6.30. The summed E-state index contributed by atoms with van der Waals surface area (Å²) in [6.45, 7) is 12.8. The minimum Gasteiger partial charge on any atom is -0.465 e. The van der Waals surface area contributed by atoms with Gasteiger partial charge in [0.15, 0.2) is 0 Å². The Morgan fingerprint density at radius 1 is 1.15 bits per heavy atom. The molecular formula is C36H46ClN7O4. The molecule has 2 heterocycles. The van der Waals surface area contributed by atoms with Crippen molar-refractivity contribution in [3.05, 3.63) is 70.3 Å². The average molecular weight is 676 g/mol. The van der Waals surface area contributed by atoms with Gasteiger partial charge in [-0.3, -0.25) is 14.9 Å². The van der Waals surface area contributed by atoms with E-state index in [1.54, 1.807) is 35.2 Å². The SMILES string of the molecule is C[C@H](N(Cc1ccc2c(c1)nc(NC(=O)c1ccc(Cl)cc1)n2CC1CCCN1C(=O)C(C#N)=CC(C)(C)N(C)C)C(=O)O)C(C)(C)C. The molecule has 2 N–H and O–H groups in total. The van der Waals surface area contributed by atoms with Crippen molar-refractivity contribution in [1.29, 1.82) is 5.26 Å². The Morgan fingerprint density at radius 3 is 2.40 bits per heavy atom. The molecule has 0 saturated carbocycles. The number of anilines is 1. The van der Waals surface area contributed by atoms with E-state index in [9.17, 15) is 24.8 Å². The number of aromatic nitrogens is 2.